The number of nitrogens with two attached hydrogens (primary N) is 1. The van der Waals surface area contributed by atoms with E-state index in [1.54, 1.807) is 6.20 Å². The zero-order valence-electron chi connectivity index (χ0n) is 12.7. The first-order valence-corrected chi connectivity index (χ1v) is 8.03. The first-order chi connectivity index (χ1) is 10.7. The lowest BCUT2D eigenvalue weighted by atomic mass is 9.66. The molecule has 2 aromatic rings. The fourth-order valence-electron chi connectivity index (χ4n) is 3.85. The molecule has 22 heavy (non-hydrogen) atoms. The van der Waals surface area contributed by atoms with E-state index in [4.69, 9.17) is 5.73 Å². The van der Waals surface area contributed by atoms with Gasteiger partial charge in [0.2, 0.25) is 5.91 Å². The van der Waals surface area contributed by atoms with Gasteiger partial charge in [-0.05, 0) is 30.5 Å². The van der Waals surface area contributed by atoms with Crippen molar-refractivity contribution in [1.82, 2.24) is 9.88 Å². The monoisotopic (exact) mass is 295 g/mol. The van der Waals surface area contributed by atoms with Crippen LogP contribution < -0.4 is 5.73 Å². The summed E-state index contributed by atoms with van der Waals surface area (Å²) in [5.41, 5.74) is 8.46. The molecule has 1 aromatic carbocycles. The lowest BCUT2D eigenvalue weighted by Crippen LogP contribution is -2.45. The molecular weight excluding hydrogens is 274 g/mol. The molecule has 1 spiro atoms. The van der Waals surface area contributed by atoms with E-state index in [0.29, 0.717) is 13.0 Å². The van der Waals surface area contributed by atoms with E-state index in [1.807, 2.05) is 35.2 Å². The minimum Gasteiger partial charge on any atom is -0.340 e. The number of pyridine rings is 1. The van der Waals surface area contributed by atoms with Crippen LogP contribution in [0, 0.1) is 5.41 Å². The summed E-state index contributed by atoms with van der Waals surface area (Å²) < 4.78 is 0. The van der Waals surface area contributed by atoms with Crippen LogP contribution in [0.15, 0.2) is 36.5 Å². The molecule has 1 aliphatic carbocycles. The molecular formula is C18H21N3O. The molecule has 4 rings (SSSR count). The van der Waals surface area contributed by atoms with Crippen molar-refractivity contribution in [3.8, 4) is 0 Å². The van der Waals surface area contributed by atoms with Crippen molar-refractivity contribution in [3.63, 3.8) is 0 Å². The van der Waals surface area contributed by atoms with Crippen molar-refractivity contribution in [2.45, 2.75) is 31.7 Å². The van der Waals surface area contributed by atoms with E-state index in [1.165, 1.54) is 19.3 Å². The van der Waals surface area contributed by atoms with Gasteiger partial charge in [-0.25, -0.2) is 0 Å². The van der Waals surface area contributed by atoms with E-state index in [-0.39, 0.29) is 17.4 Å². The van der Waals surface area contributed by atoms with Crippen LogP contribution in [0.1, 0.15) is 24.8 Å². The molecule has 2 heterocycles. The number of hydrogen-bond donors (Lipinski definition) is 1. The van der Waals surface area contributed by atoms with Crippen LogP contribution in [0.25, 0.3) is 10.9 Å². The number of likely N-dealkylation sites (tertiary alicyclic amines) is 1. The highest BCUT2D eigenvalue weighted by Gasteiger charge is 2.49. The second-order valence-electron chi connectivity index (χ2n) is 6.80. The standard InChI is InChI=1S/C18H21N3O/c19-16-11-21(12-18(16)6-2-7-18)17(22)10-13-4-5-14-3-1-8-20-15(14)9-13/h1,3-5,8-9,16H,2,6-7,10-12,19H2. The van der Waals surface area contributed by atoms with Gasteiger partial charge in [-0.15, -0.1) is 0 Å². The zero-order valence-corrected chi connectivity index (χ0v) is 12.7. The van der Waals surface area contributed by atoms with Crippen molar-refractivity contribution < 1.29 is 4.79 Å². The SMILES string of the molecule is NC1CN(C(=O)Cc2ccc3cccnc3c2)CC12CCC2. The van der Waals surface area contributed by atoms with Crippen LogP contribution in [0.5, 0.6) is 0 Å². The Bertz CT molecular complexity index is 723. The van der Waals surface area contributed by atoms with E-state index in [9.17, 15) is 4.79 Å². The van der Waals surface area contributed by atoms with Gasteiger partial charge >= 0.3 is 0 Å². The zero-order chi connectivity index (χ0) is 15.2. The van der Waals surface area contributed by atoms with E-state index in [0.717, 1.165) is 23.0 Å². The van der Waals surface area contributed by atoms with Crippen LogP contribution in [-0.4, -0.2) is 34.9 Å². The van der Waals surface area contributed by atoms with Crippen LogP contribution in [0.4, 0.5) is 0 Å². The number of nitrogens with zero attached hydrogens (tertiary/aromatic N) is 2. The Hall–Kier alpha value is -1.94. The van der Waals surface area contributed by atoms with Crippen molar-refractivity contribution in [3.05, 3.63) is 42.1 Å². The third-order valence-electron chi connectivity index (χ3n) is 5.44. The maximum atomic E-state index is 12.6. The topological polar surface area (TPSA) is 59.2 Å². The van der Waals surface area contributed by atoms with Gasteiger partial charge in [0.25, 0.3) is 0 Å². The first kappa shape index (κ1) is 13.7. The number of carbonyl (C=O) groups excluding carboxylic acids is 1. The molecule has 1 saturated heterocycles. The number of carbonyl (C=O) groups is 1. The molecule has 2 aliphatic rings. The smallest absolute Gasteiger partial charge is 0.227 e. The Labute approximate surface area is 130 Å². The van der Waals surface area contributed by atoms with Crippen molar-refractivity contribution in [1.29, 1.82) is 0 Å². The molecule has 1 atom stereocenters. The predicted molar refractivity (Wildman–Crippen MR) is 86.3 cm³/mol. The molecule has 0 bridgehead atoms. The second kappa shape index (κ2) is 5.06. The molecule has 1 saturated carbocycles. The summed E-state index contributed by atoms with van der Waals surface area (Å²) in [5, 5.41) is 1.11. The van der Waals surface area contributed by atoms with E-state index in [2.05, 4.69) is 4.98 Å². The van der Waals surface area contributed by atoms with Gasteiger partial charge in [0.05, 0.1) is 11.9 Å². The Kier molecular flexibility index (Phi) is 3.15. The highest BCUT2D eigenvalue weighted by atomic mass is 16.2. The van der Waals surface area contributed by atoms with Gasteiger partial charge < -0.3 is 10.6 Å². The number of amides is 1. The molecule has 4 heteroatoms. The molecule has 0 radical (unpaired) electrons. The van der Waals surface area contributed by atoms with Crippen molar-refractivity contribution in [2.24, 2.45) is 11.1 Å². The number of benzene rings is 1. The van der Waals surface area contributed by atoms with Crippen LogP contribution >= 0.6 is 0 Å². The summed E-state index contributed by atoms with van der Waals surface area (Å²) >= 11 is 0. The lowest BCUT2D eigenvalue weighted by Gasteiger charge is -2.41. The fraction of sp³-hybridized carbons (Fsp3) is 0.444. The van der Waals surface area contributed by atoms with E-state index < -0.39 is 0 Å². The van der Waals surface area contributed by atoms with E-state index >= 15 is 0 Å². The lowest BCUT2D eigenvalue weighted by molar-refractivity contribution is -0.130. The molecule has 4 nitrogen and oxygen atoms in total. The molecule has 1 aliphatic heterocycles. The summed E-state index contributed by atoms with van der Waals surface area (Å²) in [7, 11) is 0. The third-order valence-corrected chi connectivity index (χ3v) is 5.44. The molecule has 2 fully saturated rings. The largest absolute Gasteiger partial charge is 0.340 e. The number of aromatic nitrogens is 1. The van der Waals surface area contributed by atoms with Crippen LogP contribution in [-0.2, 0) is 11.2 Å². The number of rotatable bonds is 2. The molecule has 114 valence electrons. The molecule has 1 amide bonds. The second-order valence-corrected chi connectivity index (χ2v) is 6.80. The van der Waals surface area contributed by atoms with Crippen LogP contribution in [0.3, 0.4) is 0 Å². The highest BCUT2D eigenvalue weighted by molar-refractivity contribution is 5.83. The average Bonchev–Trinajstić information content (AvgIpc) is 2.85. The average molecular weight is 295 g/mol. The Morgan fingerprint density at radius 1 is 1.36 bits per heavy atom. The van der Waals surface area contributed by atoms with Gasteiger partial charge in [0.1, 0.15) is 0 Å². The molecule has 1 aromatic heterocycles. The van der Waals surface area contributed by atoms with Gasteiger partial charge in [-0.2, -0.15) is 0 Å². The van der Waals surface area contributed by atoms with Gasteiger partial charge in [-0.3, -0.25) is 9.78 Å². The Morgan fingerprint density at radius 2 is 2.23 bits per heavy atom. The summed E-state index contributed by atoms with van der Waals surface area (Å²) in [4.78, 5) is 18.9. The third kappa shape index (κ3) is 2.18. The van der Waals surface area contributed by atoms with Gasteiger partial charge in [0, 0.05) is 36.1 Å². The summed E-state index contributed by atoms with van der Waals surface area (Å²) in [6.45, 7) is 1.56. The summed E-state index contributed by atoms with van der Waals surface area (Å²) in [5.74, 6) is 0.189. The molecule has 2 N–H and O–H groups in total. The normalized spacial score (nSPS) is 23.0. The quantitative estimate of drug-likeness (QED) is 0.923. The fourth-order valence-corrected chi connectivity index (χ4v) is 3.85. The van der Waals surface area contributed by atoms with Gasteiger partial charge in [0.15, 0.2) is 0 Å². The maximum absolute atomic E-state index is 12.6. The predicted octanol–water partition coefficient (Wildman–Crippen LogP) is 2.12. The molecule has 1 unspecified atom stereocenters. The summed E-state index contributed by atoms with van der Waals surface area (Å²) in [6.07, 6.45) is 5.84. The van der Waals surface area contributed by atoms with Crippen LogP contribution in [0.2, 0.25) is 0 Å². The Morgan fingerprint density at radius 3 is 2.95 bits per heavy atom. The van der Waals surface area contributed by atoms with Crippen molar-refractivity contribution >= 4 is 16.8 Å². The van der Waals surface area contributed by atoms with Gasteiger partial charge in [-0.1, -0.05) is 24.6 Å². The van der Waals surface area contributed by atoms with Crippen molar-refractivity contribution in [2.75, 3.05) is 13.1 Å². The number of fused-ring (bicyclic) bond motifs is 1. The Balaban J connectivity index is 1.49. The minimum atomic E-state index is 0.156. The highest BCUT2D eigenvalue weighted by Crippen LogP contribution is 2.47. The number of hydrogen-bond acceptors (Lipinski definition) is 3. The first-order valence-electron chi connectivity index (χ1n) is 8.03. The minimum absolute atomic E-state index is 0.156. The maximum Gasteiger partial charge on any atom is 0.227 e. The summed E-state index contributed by atoms with van der Waals surface area (Å²) in [6, 6.07) is 10.2.